The van der Waals surface area contributed by atoms with Gasteiger partial charge in [-0.25, -0.2) is 18.1 Å². The van der Waals surface area contributed by atoms with Gasteiger partial charge in [0.2, 0.25) is 15.9 Å². The minimum atomic E-state index is -3.73. The summed E-state index contributed by atoms with van der Waals surface area (Å²) in [5.41, 5.74) is 5.36. The maximum absolute atomic E-state index is 11.8. The average molecular weight is 272 g/mol. The van der Waals surface area contributed by atoms with E-state index >= 15 is 0 Å². The highest BCUT2D eigenvalue weighted by Gasteiger charge is 2.16. The maximum Gasteiger partial charge on any atom is 0.242 e. The lowest BCUT2D eigenvalue weighted by Crippen LogP contribution is -2.37. The van der Waals surface area contributed by atoms with Crippen molar-refractivity contribution in [2.24, 2.45) is 0 Å². The van der Waals surface area contributed by atoms with Crippen LogP contribution in [-0.2, 0) is 14.8 Å². The fourth-order valence-corrected chi connectivity index (χ4v) is 2.02. The van der Waals surface area contributed by atoms with Gasteiger partial charge in [0.25, 0.3) is 0 Å². The summed E-state index contributed by atoms with van der Waals surface area (Å²) < 4.78 is 25.8. The zero-order chi connectivity index (χ0) is 13.8. The molecule has 0 unspecified atom stereocenters. The quantitative estimate of drug-likeness (QED) is 0.746. The highest BCUT2D eigenvalue weighted by molar-refractivity contribution is 7.89. The minimum absolute atomic E-state index is 0.0244. The van der Waals surface area contributed by atoms with Gasteiger partial charge in [0, 0.05) is 19.8 Å². The Labute approximate surface area is 106 Å². The number of nitrogens with two attached hydrogens (primary N) is 1. The number of hydrogen-bond acceptors (Lipinski definition) is 5. The van der Waals surface area contributed by atoms with Crippen molar-refractivity contribution >= 4 is 21.7 Å². The molecule has 1 heterocycles. The van der Waals surface area contributed by atoms with E-state index in [1.54, 1.807) is 14.0 Å². The summed E-state index contributed by atoms with van der Waals surface area (Å²) in [6.45, 7) is 2.04. The van der Waals surface area contributed by atoms with E-state index in [0.717, 1.165) is 6.20 Å². The van der Waals surface area contributed by atoms with E-state index in [0.29, 0.717) is 6.54 Å². The van der Waals surface area contributed by atoms with Gasteiger partial charge in [0.05, 0.1) is 6.54 Å². The van der Waals surface area contributed by atoms with Crippen LogP contribution in [0.4, 0.5) is 5.82 Å². The molecule has 7 nitrogen and oxygen atoms in total. The Hall–Kier alpha value is -1.67. The summed E-state index contributed by atoms with van der Waals surface area (Å²) in [4.78, 5) is 16.6. The molecule has 0 fully saturated rings. The zero-order valence-electron chi connectivity index (χ0n) is 10.3. The molecule has 1 aromatic heterocycles. The third-order valence-corrected chi connectivity index (χ3v) is 3.77. The van der Waals surface area contributed by atoms with Crippen molar-refractivity contribution in [3.05, 3.63) is 18.3 Å². The van der Waals surface area contributed by atoms with Crippen LogP contribution in [0, 0.1) is 0 Å². The third kappa shape index (κ3) is 3.67. The molecule has 0 saturated heterocycles. The number of carbonyl (C=O) groups excluding carboxylic acids is 1. The zero-order valence-corrected chi connectivity index (χ0v) is 11.1. The van der Waals surface area contributed by atoms with Gasteiger partial charge in [-0.05, 0) is 19.1 Å². The van der Waals surface area contributed by atoms with Gasteiger partial charge >= 0.3 is 0 Å². The van der Waals surface area contributed by atoms with Crippen LogP contribution < -0.4 is 10.5 Å². The Morgan fingerprint density at radius 1 is 1.50 bits per heavy atom. The van der Waals surface area contributed by atoms with E-state index in [4.69, 9.17) is 5.73 Å². The van der Waals surface area contributed by atoms with Crippen LogP contribution in [0.5, 0.6) is 0 Å². The number of nitrogens with zero attached hydrogens (tertiary/aromatic N) is 2. The molecule has 0 radical (unpaired) electrons. The Bertz CT molecular complexity index is 512. The van der Waals surface area contributed by atoms with Crippen LogP contribution in [0.25, 0.3) is 0 Å². The van der Waals surface area contributed by atoms with E-state index in [-0.39, 0.29) is 23.2 Å². The Balaban J connectivity index is 2.71. The number of sulfonamides is 1. The fraction of sp³-hybridized carbons (Fsp3) is 0.400. The summed E-state index contributed by atoms with van der Waals surface area (Å²) in [7, 11) is -2.13. The van der Waals surface area contributed by atoms with Crippen molar-refractivity contribution in [3.8, 4) is 0 Å². The van der Waals surface area contributed by atoms with Crippen LogP contribution in [0.2, 0.25) is 0 Å². The number of likely N-dealkylation sites (N-methyl/N-ethyl adjacent to an activating group) is 1. The Morgan fingerprint density at radius 2 is 2.17 bits per heavy atom. The van der Waals surface area contributed by atoms with E-state index < -0.39 is 10.0 Å². The maximum atomic E-state index is 11.8. The summed E-state index contributed by atoms with van der Waals surface area (Å²) in [6, 6.07) is 2.72. The number of hydrogen-bond donors (Lipinski definition) is 2. The van der Waals surface area contributed by atoms with Crippen LogP contribution >= 0.6 is 0 Å². The van der Waals surface area contributed by atoms with Crippen molar-refractivity contribution in [1.82, 2.24) is 14.6 Å². The summed E-state index contributed by atoms with van der Waals surface area (Å²) in [5.74, 6) is -0.0692. The standard InChI is InChI=1S/C10H16N4O3S/c1-3-14(2)10(15)7-13-18(16,17)8-4-5-9(11)12-6-8/h4-6,13H,3,7H2,1-2H3,(H2,11,12). The molecular formula is C10H16N4O3S. The first-order chi connectivity index (χ1) is 8.36. The first-order valence-corrected chi connectivity index (χ1v) is 6.80. The number of nitrogen functional groups attached to an aromatic ring is 1. The molecule has 8 heteroatoms. The Kier molecular flexibility index (Phi) is 4.62. The second-order valence-electron chi connectivity index (χ2n) is 3.65. The van der Waals surface area contributed by atoms with Gasteiger partial charge in [-0.1, -0.05) is 0 Å². The summed E-state index contributed by atoms with van der Waals surface area (Å²) in [5, 5.41) is 0. The van der Waals surface area contributed by atoms with E-state index in [1.165, 1.54) is 17.0 Å². The van der Waals surface area contributed by atoms with Gasteiger partial charge in [0.1, 0.15) is 10.7 Å². The molecule has 1 aromatic rings. The molecule has 0 aliphatic heterocycles. The van der Waals surface area contributed by atoms with Crippen LogP contribution in [0.1, 0.15) is 6.92 Å². The topological polar surface area (TPSA) is 105 Å². The molecule has 3 N–H and O–H groups in total. The van der Waals surface area contributed by atoms with E-state index in [1.807, 2.05) is 0 Å². The van der Waals surface area contributed by atoms with Gasteiger partial charge < -0.3 is 10.6 Å². The highest BCUT2D eigenvalue weighted by atomic mass is 32.2. The van der Waals surface area contributed by atoms with Crippen LogP contribution in [0.15, 0.2) is 23.2 Å². The predicted molar refractivity (Wildman–Crippen MR) is 67.1 cm³/mol. The molecule has 1 amide bonds. The smallest absolute Gasteiger partial charge is 0.242 e. The van der Waals surface area contributed by atoms with Crippen molar-refractivity contribution in [2.75, 3.05) is 25.9 Å². The molecule has 0 atom stereocenters. The number of anilines is 1. The molecule has 18 heavy (non-hydrogen) atoms. The number of carbonyl (C=O) groups is 1. The first kappa shape index (κ1) is 14.4. The largest absolute Gasteiger partial charge is 0.384 e. The molecule has 1 rings (SSSR count). The second kappa shape index (κ2) is 5.78. The van der Waals surface area contributed by atoms with Crippen molar-refractivity contribution < 1.29 is 13.2 Å². The van der Waals surface area contributed by atoms with Crippen LogP contribution in [0.3, 0.4) is 0 Å². The third-order valence-electron chi connectivity index (χ3n) is 2.38. The minimum Gasteiger partial charge on any atom is -0.384 e. The molecule has 0 aliphatic carbocycles. The molecule has 0 saturated carbocycles. The number of pyridine rings is 1. The fourth-order valence-electron chi connectivity index (χ4n) is 1.10. The lowest BCUT2D eigenvalue weighted by atomic mass is 10.5. The lowest BCUT2D eigenvalue weighted by Gasteiger charge is -2.14. The molecular weight excluding hydrogens is 256 g/mol. The average Bonchev–Trinajstić information content (AvgIpc) is 2.35. The van der Waals surface area contributed by atoms with Gasteiger partial charge in [-0.3, -0.25) is 4.79 Å². The summed E-state index contributed by atoms with van der Waals surface area (Å²) >= 11 is 0. The van der Waals surface area contributed by atoms with Gasteiger partial charge in [0.15, 0.2) is 0 Å². The normalized spacial score (nSPS) is 11.2. The SMILES string of the molecule is CCN(C)C(=O)CNS(=O)(=O)c1ccc(N)nc1. The molecule has 100 valence electrons. The summed E-state index contributed by atoms with van der Waals surface area (Å²) in [6.07, 6.45) is 1.14. The molecule has 0 aliphatic rings. The molecule has 0 spiro atoms. The van der Waals surface area contributed by atoms with Crippen molar-refractivity contribution in [3.63, 3.8) is 0 Å². The van der Waals surface area contributed by atoms with Gasteiger partial charge in [-0.15, -0.1) is 0 Å². The van der Waals surface area contributed by atoms with Crippen molar-refractivity contribution in [1.29, 1.82) is 0 Å². The van der Waals surface area contributed by atoms with Crippen molar-refractivity contribution in [2.45, 2.75) is 11.8 Å². The lowest BCUT2D eigenvalue weighted by molar-refractivity contribution is -0.128. The monoisotopic (exact) mass is 272 g/mol. The number of nitrogens with one attached hydrogen (secondary N) is 1. The Morgan fingerprint density at radius 3 is 2.67 bits per heavy atom. The van der Waals surface area contributed by atoms with E-state index in [2.05, 4.69) is 9.71 Å². The predicted octanol–water partition coefficient (Wildman–Crippen LogP) is -0.580. The number of amides is 1. The van der Waals surface area contributed by atoms with Gasteiger partial charge in [-0.2, -0.15) is 0 Å². The highest BCUT2D eigenvalue weighted by Crippen LogP contribution is 2.08. The second-order valence-corrected chi connectivity index (χ2v) is 5.42. The number of rotatable bonds is 5. The molecule has 0 aromatic carbocycles. The molecule has 0 bridgehead atoms. The first-order valence-electron chi connectivity index (χ1n) is 5.32. The van der Waals surface area contributed by atoms with Crippen LogP contribution in [-0.4, -0.2) is 44.3 Å². The number of aromatic nitrogens is 1. The van der Waals surface area contributed by atoms with E-state index in [9.17, 15) is 13.2 Å².